The zero-order valence-corrected chi connectivity index (χ0v) is 16.4. The van der Waals surface area contributed by atoms with Crippen LogP contribution in [0, 0.1) is 18.3 Å². The van der Waals surface area contributed by atoms with Crippen LogP contribution in [0.5, 0.6) is 0 Å². The van der Waals surface area contributed by atoms with Crippen molar-refractivity contribution in [2.24, 2.45) is 11.3 Å². The van der Waals surface area contributed by atoms with Gasteiger partial charge in [0.2, 0.25) is 0 Å². The molecule has 1 aliphatic rings. The van der Waals surface area contributed by atoms with Crippen LogP contribution in [0.25, 0.3) is 0 Å². The molecule has 0 heterocycles. The fraction of sp³-hybridized carbons (Fsp3) is 0.700. The van der Waals surface area contributed by atoms with Crippen LogP contribution in [-0.2, 0) is 0 Å². The number of unbranched alkanes of at least 4 members (excludes halogenated alkanes) is 1. The van der Waals surface area contributed by atoms with E-state index < -0.39 is 0 Å². The third kappa shape index (κ3) is 3.51. The Bertz CT molecular complexity index is 512. The molecule has 0 bridgehead atoms. The Kier molecular flexibility index (Phi) is 5.60. The molecular weight excluding hydrogens is 308 g/mol. The maximum atomic E-state index is 6.14. The van der Waals surface area contributed by atoms with Gasteiger partial charge in [0.15, 0.2) is 0 Å². The average Bonchev–Trinajstić information content (AvgIpc) is 2.38. The van der Waals surface area contributed by atoms with E-state index in [0.717, 1.165) is 5.02 Å². The van der Waals surface area contributed by atoms with Gasteiger partial charge in [-0.3, -0.25) is 0 Å². The summed E-state index contributed by atoms with van der Waals surface area (Å²) < 4.78 is 0.111. The van der Waals surface area contributed by atoms with Crippen LogP contribution in [0.3, 0.4) is 0 Å². The van der Waals surface area contributed by atoms with Crippen molar-refractivity contribution in [3.63, 3.8) is 0 Å². The van der Waals surface area contributed by atoms with E-state index in [1.165, 1.54) is 43.2 Å². The van der Waals surface area contributed by atoms with Crippen LogP contribution in [0.1, 0.15) is 76.8 Å². The number of hydrogen-bond acceptors (Lipinski definition) is 1. The quantitative estimate of drug-likeness (QED) is 0.528. The first-order valence-corrected chi connectivity index (χ1v) is 9.50. The molecule has 1 aromatic carbocycles. The minimum Gasteiger partial charge on any atom is -0.172 e. The molecule has 0 aromatic heterocycles. The largest absolute Gasteiger partial charge is 0.172 e. The van der Waals surface area contributed by atoms with Crippen LogP contribution in [0.15, 0.2) is 18.2 Å². The van der Waals surface area contributed by atoms with Crippen molar-refractivity contribution < 1.29 is 0 Å². The number of rotatable bonds is 6. The third-order valence-electron chi connectivity index (χ3n) is 6.11. The molecule has 0 amide bonds. The number of hydrogen-bond donors (Lipinski definition) is 1. The van der Waals surface area contributed by atoms with Gasteiger partial charge < -0.3 is 0 Å². The highest BCUT2D eigenvalue weighted by Crippen LogP contribution is 2.56. The van der Waals surface area contributed by atoms with Gasteiger partial charge in [-0.1, -0.05) is 57.3 Å². The molecule has 0 saturated heterocycles. The van der Waals surface area contributed by atoms with Crippen LogP contribution in [0.4, 0.5) is 0 Å². The van der Waals surface area contributed by atoms with E-state index in [9.17, 15) is 0 Å². The lowest BCUT2D eigenvalue weighted by molar-refractivity contribution is 0.105. The van der Waals surface area contributed by atoms with Gasteiger partial charge in [-0.25, -0.2) is 0 Å². The second kappa shape index (κ2) is 6.77. The molecule has 1 saturated carbocycles. The molecule has 1 unspecified atom stereocenters. The molecule has 1 fully saturated rings. The Labute approximate surface area is 147 Å². The second-order valence-corrected chi connectivity index (χ2v) is 9.35. The fourth-order valence-electron chi connectivity index (χ4n) is 3.70. The molecule has 2 rings (SSSR count). The van der Waals surface area contributed by atoms with Crippen molar-refractivity contribution in [1.82, 2.24) is 0 Å². The van der Waals surface area contributed by atoms with Gasteiger partial charge in [0.25, 0.3) is 0 Å². The molecule has 1 aromatic rings. The number of benzene rings is 1. The first kappa shape index (κ1) is 18.2. The summed E-state index contributed by atoms with van der Waals surface area (Å²) in [5.74, 6) is 1.40. The van der Waals surface area contributed by atoms with Gasteiger partial charge in [0.05, 0.1) is 0 Å². The molecule has 2 heteroatoms. The molecule has 1 aliphatic carbocycles. The minimum atomic E-state index is 0.111. The van der Waals surface area contributed by atoms with Gasteiger partial charge >= 0.3 is 0 Å². The SMILES string of the molecule is CCCCC(C)(C)C(C)(S)C1CC(c2ccc(Cl)c(C)c2)C1. The number of thiol groups is 1. The Balaban J connectivity index is 2.01. The Hall–Kier alpha value is -0.140. The molecule has 0 spiro atoms. The van der Waals surface area contributed by atoms with E-state index in [-0.39, 0.29) is 10.2 Å². The normalized spacial score (nSPS) is 24.7. The highest BCUT2D eigenvalue weighted by molar-refractivity contribution is 7.81. The van der Waals surface area contributed by atoms with E-state index >= 15 is 0 Å². The molecule has 0 nitrogen and oxygen atoms in total. The summed E-state index contributed by atoms with van der Waals surface area (Å²) in [6.07, 6.45) is 6.36. The Morgan fingerprint density at radius 3 is 2.41 bits per heavy atom. The Morgan fingerprint density at radius 1 is 1.23 bits per heavy atom. The van der Waals surface area contributed by atoms with Gasteiger partial charge in [0.1, 0.15) is 0 Å². The lowest BCUT2D eigenvalue weighted by Gasteiger charge is -2.53. The van der Waals surface area contributed by atoms with E-state index in [4.69, 9.17) is 24.2 Å². The Morgan fingerprint density at radius 2 is 1.86 bits per heavy atom. The van der Waals surface area contributed by atoms with Gasteiger partial charge in [0, 0.05) is 9.77 Å². The van der Waals surface area contributed by atoms with Crippen molar-refractivity contribution in [1.29, 1.82) is 0 Å². The maximum absolute atomic E-state index is 6.14. The lowest BCUT2D eigenvalue weighted by atomic mass is 9.58. The minimum absolute atomic E-state index is 0.111. The van der Waals surface area contributed by atoms with E-state index in [1.807, 2.05) is 6.07 Å². The molecule has 124 valence electrons. The van der Waals surface area contributed by atoms with E-state index in [2.05, 4.69) is 46.8 Å². The summed E-state index contributed by atoms with van der Waals surface area (Å²) in [6.45, 7) is 11.5. The summed E-state index contributed by atoms with van der Waals surface area (Å²) in [4.78, 5) is 0. The van der Waals surface area contributed by atoms with Gasteiger partial charge in [-0.15, -0.1) is 0 Å². The molecule has 1 atom stereocenters. The summed E-state index contributed by atoms with van der Waals surface area (Å²) >= 11 is 11.3. The first-order valence-electron chi connectivity index (χ1n) is 8.67. The third-order valence-corrected chi connectivity index (χ3v) is 7.51. The molecular formula is C20H31ClS. The van der Waals surface area contributed by atoms with Crippen molar-refractivity contribution in [3.05, 3.63) is 34.3 Å². The highest BCUT2D eigenvalue weighted by Gasteiger charge is 2.48. The van der Waals surface area contributed by atoms with Crippen LogP contribution in [-0.4, -0.2) is 4.75 Å². The maximum Gasteiger partial charge on any atom is 0.0435 e. The second-order valence-electron chi connectivity index (χ2n) is 8.01. The molecule has 0 N–H and O–H groups in total. The first-order chi connectivity index (χ1) is 10.2. The molecule has 22 heavy (non-hydrogen) atoms. The standard InChI is InChI=1S/C20H31ClS/c1-6-7-10-19(3,4)20(5,22)17-12-16(13-17)15-8-9-18(21)14(2)11-15/h8-9,11,16-17,22H,6-7,10,12-13H2,1-5H3. The topological polar surface area (TPSA) is 0 Å². The number of halogens is 1. The van der Waals surface area contributed by atoms with Crippen LogP contribution >= 0.6 is 24.2 Å². The highest BCUT2D eigenvalue weighted by atomic mass is 35.5. The predicted molar refractivity (Wildman–Crippen MR) is 102 cm³/mol. The molecule has 0 radical (unpaired) electrons. The van der Waals surface area contributed by atoms with Crippen molar-refractivity contribution in [3.8, 4) is 0 Å². The lowest BCUT2D eigenvalue weighted by Crippen LogP contribution is -2.48. The predicted octanol–water partition coefficient (Wildman–Crippen LogP) is 7.05. The monoisotopic (exact) mass is 338 g/mol. The summed E-state index contributed by atoms with van der Waals surface area (Å²) in [7, 11) is 0. The summed E-state index contributed by atoms with van der Waals surface area (Å²) in [6, 6.07) is 6.51. The van der Waals surface area contributed by atoms with Crippen molar-refractivity contribution in [2.75, 3.05) is 0 Å². The van der Waals surface area contributed by atoms with Gasteiger partial charge in [-0.05, 0) is 67.6 Å². The summed E-state index contributed by atoms with van der Waals surface area (Å²) in [5, 5.41) is 0.874. The van der Waals surface area contributed by atoms with Crippen LogP contribution in [0.2, 0.25) is 5.02 Å². The number of aryl methyl sites for hydroxylation is 1. The average molecular weight is 339 g/mol. The van der Waals surface area contributed by atoms with E-state index in [1.54, 1.807) is 0 Å². The smallest absolute Gasteiger partial charge is 0.0435 e. The van der Waals surface area contributed by atoms with Gasteiger partial charge in [-0.2, -0.15) is 12.6 Å². The van der Waals surface area contributed by atoms with Crippen molar-refractivity contribution in [2.45, 2.75) is 77.4 Å². The van der Waals surface area contributed by atoms with Crippen LogP contribution < -0.4 is 0 Å². The zero-order valence-electron chi connectivity index (χ0n) is 14.7. The van der Waals surface area contributed by atoms with Crippen molar-refractivity contribution >= 4 is 24.2 Å². The molecule has 0 aliphatic heterocycles. The zero-order chi connectivity index (χ0) is 16.5. The van der Waals surface area contributed by atoms with E-state index in [0.29, 0.717) is 11.8 Å². The fourth-order valence-corrected chi connectivity index (χ4v) is 4.14. The summed E-state index contributed by atoms with van der Waals surface area (Å²) in [5.41, 5.74) is 2.94.